The minimum absolute atomic E-state index is 0.240. The Balaban J connectivity index is 1.52. The lowest BCUT2D eigenvalue weighted by Gasteiger charge is -2.35. The number of ether oxygens (including phenoxy) is 4. The zero-order valence-corrected chi connectivity index (χ0v) is 17.5. The van der Waals surface area contributed by atoms with Gasteiger partial charge in [-0.1, -0.05) is 11.8 Å². The number of esters is 1. The third-order valence-electron chi connectivity index (χ3n) is 4.99. The lowest BCUT2D eigenvalue weighted by Crippen LogP contribution is -2.35. The van der Waals surface area contributed by atoms with Gasteiger partial charge in [-0.15, -0.1) is 11.3 Å². The fourth-order valence-corrected chi connectivity index (χ4v) is 5.56. The number of rotatable bonds is 5. The number of fused-ring (bicyclic) bond motifs is 1. The quantitative estimate of drug-likeness (QED) is 0.647. The Morgan fingerprint density at radius 3 is 2.82 bits per heavy atom. The van der Waals surface area contributed by atoms with Gasteiger partial charge in [0.2, 0.25) is 0 Å². The van der Waals surface area contributed by atoms with Crippen molar-refractivity contribution in [2.75, 3.05) is 26.9 Å². The summed E-state index contributed by atoms with van der Waals surface area (Å²) in [6.45, 7) is 3.25. The summed E-state index contributed by atoms with van der Waals surface area (Å²) < 4.78 is 23.6. The van der Waals surface area contributed by atoms with Gasteiger partial charge in [0, 0.05) is 45.0 Å². The molecule has 7 heteroatoms. The summed E-state index contributed by atoms with van der Waals surface area (Å²) >= 11 is 3.41. The molecule has 1 aromatic heterocycles. The molecule has 1 fully saturated rings. The maximum atomic E-state index is 11.3. The van der Waals surface area contributed by atoms with Crippen molar-refractivity contribution in [1.82, 2.24) is 0 Å². The number of methoxy groups -OCH3 is 1. The van der Waals surface area contributed by atoms with E-state index < -0.39 is 0 Å². The van der Waals surface area contributed by atoms with Crippen molar-refractivity contribution in [2.45, 2.75) is 34.5 Å². The molecule has 1 aromatic carbocycles. The van der Waals surface area contributed by atoms with E-state index in [1.165, 1.54) is 16.7 Å². The van der Waals surface area contributed by atoms with Crippen molar-refractivity contribution in [3.05, 3.63) is 46.8 Å². The fourth-order valence-electron chi connectivity index (χ4n) is 3.49. The van der Waals surface area contributed by atoms with Gasteiger partial charge >= 0.3 is 5.97 Å². The van der Waals surface area contributed by atoms with Gasteiger partial charge < -0.3 is 18.9 Å². The molecule has 0 aliphatic carbocycles. The second kappa shape index (κ2) is 8.29. The number of benzene rings is 1. The van der Waals surface area contributed by atoms with Crippen LogP contribution in [0.3, 0.4) is 0 Å². The lowest BCUT2D eigenvalue weighted by molar-refractivity contribution is -0.134. The second-order valence-corrected chi connectivity index (χ2v) is 8.98. The van der Waals surface area contributed by atoms with E-state index >= 15 is 0 Å². The van der Waals surface area contributed by atoms with E-state index in [-0.39, 0.29) is 11.6 Å². The predicted molar refractivity (Wildman–Crippen MR) is 109 cm³/mol. The fraction of sp³-hybridized carbons (Fsp3) is 0.381. The van der Waals surface area contributed by atoms with Crippen LogP contribution < -0.4 is 4.74 Å². The predicted octanol–water partition coefficient (Wildman–Crippen LogP) is 4.85. The highest BCUT2D eigenvalue weighted by atomic mass is 32.2. The molecule has 2 aliphatic rings. The van der Waals surface area contributed by atoms with Crippen molar-refractivity contribution in [2.24, 2.45) is 0 Å². The van der Waals surface area contributed by atoms with E-state index in [9.17, 15) is 4.79 Å². The molecule has 1 saturated heterocycles. The minimum atomic E-state index is -0.330. The molecule has 28 heavy (non-hydrogen) atoms. The lowest BCUT2D eigenvalue weighted by atomic mass is 9.88. The summed E-state index contributed by atoms with van der Waals surface area (Å²) in [5.74, 6) is 0.965. The molecule has 2 aliphatic heterocycles. The van der Waals surface area contributed by atoms with Gasteiger partial charge in [-0.25, -0.2) is 0 Å². The maximum absolute atomic E-state index is 11.3. The standard InChI is InChI=1S/C21H22O5S2/c1-14(22)26-18-5-8-25-19-12-16(3-4-17(18)19)28-20-11-15(13-27-20)21(23-2)6-9-24-10-7-21/h3-5,11-13H,6-10H2,1-2H3. The molecule has 0 N–H and O–H groups in total. The summed E-state index contributed by atoms with van der Waals surface area (Å²) in [4.78, 5) is 12.4. The van der Waals surface area contributed by atoms with Gasteiger partial charge in [0.05, 0.1) is 15.4 Å². The van der Waals surface area contributed by atoms with Crippen LogP contribution in [-0.2, 0) is 24.6 Å². The molecule has 0 amide bonds. The first-order chi connectivity index (χ1) is 13.6. The first kappa shape index (κ1) is 19.5. The topological polar surface area (TPSA) is 54.0 Å². The zero-order valence-electron chi connectivity index (χ0n) is 15.9. The van der Waals surface area contributed by atoms with Crippen LogP contribution in [0.4, 0.5) is 0 Å². The van der Waals surface area contributed by atoms with E-state index in [2.05, 4.69) is 11.4 Å². The normalized spacial score (nSPS) is 18.0. The molecular weight excluding hydrogens is 396 g/mol. The Kier molecular flexibility index (Phi) is 5.78. The largest absolute Gasteiger partial charge is 0.489 e. The molecule has 5 nitrogen and oxygen atoms in total. The van der Waals surface area contributed by atoms with Crippen molar-refractivity contribution in [3.63, 3.8) is 0 Å². The average Bonchev–Trinajstić information content (AvgIpc) is 3.17. The average molecular weight is 419 g/mol. The minimum Gasteiger partial charge on any atom is -0.489 e. The van der Waals surface area contributed by atoms with Crippen molar-refractivity contribution >= 4 is 34.8 Å². The summed E-state index contributed by atoms with van der Waals surface area (Å²) in [5, 5.41) is 2.19. The molecule has 3 heterocycles. The van der Waals surface area contributed by atoms with Gasteiger partial charge in [-0.3, -0.25) is 4.79 Å². The third kappa shape index (κ3) is 3.98. The van der Waals surface area contributed by atoms with Gasteiger partial charge in [-0.2, -0.15) is 0 Å². The van der Waals surface area contributed by atoms with Crippen LogP contribution in [-0.4, -0.2) is 32.9 Å². The van der Waals surface area contributed by atoms with Crippen LogP contribution >= 0.6 is 23.1 Å². The maximum Gasteiger partial charge on any atom is 0.308 e. The van der Waals surface area contributed by atoms with Crippen LogP contribution in [0.5, 0.6) is 5.75 Å². The van der Waals surface area contributed by atoms with Crippen LogP contribution in [0.25, 0.3) is 5.76 Å². The molecule has 0 atom stereocenters. The third-order valence-corrected chi connectivity index (χ3v) is 7.06. The van der Waals surface area contributed by atoms with E-state index in [0.717, 1.165) is 42.3 Å². The first-order valence-electron chi connectivity index (χ1n) is 9.15. The number of thiophene rings is 1. The van der Waals surface area contributed by atoms with Crippen LogP contribution in [0, 0.1) is 0 Å². The number of hydrogen-bond acceptors (Lipinski definition) is 7. The van der Waals surface area contributed by atoms with Crippen molar-refractivity contribution in [1.29, 1.82) is 0 Å². The second-order valence-electron chi connectivity index (χ2n) is 6.70. The molecule has 0 saturated carbocycles. The van der Waals surface area contributed by atoms with Gasteiger partial charge in [0.25, 0.3) is 0 Å². The zero-order chi connectivity index (χ0) is 19.6. The summed E-state index contributed by atoms with van der Waals surface area (Å²) in [6, 6.07) is 8.18. The summed E-state index contributed by atoms with van der Waals surface area (Å²) in [5.41, 5.74) is 1.79. The Morgan fingerprint density at radius 1 is 1.25 bits per heavy atom. The molecule has 0 bridgehead atoms. The Bertz CT molecular complexity index is 896. The van der Waals surface area contributed by atoms with E-state index in [1.54, 1.807) is 36.3 Å². The summed E-state index contributed by atoms with van der Waals surface area (Å²) in [7, 11) is 1.78. The number of hydrogen-bond donors (Lipinski definition) is 0. The van der Waals surface area contributed by atoms with E-state index in [1.807, 2.05) is 18.2 Å². The molecule has 0 radical (unpaired) electrons. The molecular formula is C21H22O5S2. The smallest absolute Gasteiger partial charge is 0.308 e. The van der Waals surface area contributed by atoms with Crippen molar-refractivity contribution in [3.8, 4) is 5.75 Å². The molecule has 2 aromatic rings. The highest BCUT2D eigenvalue weighted by Gasteiger charge is 2.35. The number of carbonyl (C=O) groups excluding carboxylic acids is 1. The van der Waals surface area contributed by atoms with Crippen LogP contribution in [0.1, 0.15) is 30.9 Å². The Morgan fingerprint density at radius 2 is 2.07 bits per heavy atom. The van der Waals surface area contributed by atoms with Gasteiger partial charge in [-0.05, 0) is 41.3 Å². The number of carbonyl (C=O) groups is 1. The highest BCUT2D eigenvalue weighted by Crippen LogP contribution is 2.43. The first-order valence-corrected chi connectivity index (χ1v) is 10.8. The highest BCUT2D eigenvalue weighted by molar-refractivity contribution is 8.01. The van der Waals surface area contributed by atoms with Gasteiger partial charge in [0.15, 0.2) is 0 Å². The Hall–Kier alpha value is -1.80. The van der Waals surface area contributed by atoms with E-state index in [0.29, 0.717) is 12.4 Å². The van der Waals surface area contributed by atoms with Gasteiger partial charge in [0.1, 0.15) is 18.1 Å². The SMILES string of the molecule is COC1(c2csc(Sc3ccc4c(c3)OCC=C4OC(C)=O)c2)CCOCC1. The molecule has 0 unspecified atom stereocenters. The molecule has 4 rings (SSSR count). The Labute approximate surface area is 172 Å². The monoisotopic (exact) mass is 418 g/mol. The van der Waals surface area contributed by atoms with E-state index in [4.69, 9.17) is 18.9 Å². The summed E-state index contributed by atoms with van der Waals surface area (Å²) in [6.07, 6.45) is 3.53. The van der Waals surface area contributed by atoms with Crippen molar-refractivity contribution < 1.29 is 23.7 Å². The molecule has 148 valence electrons. The van der Waals surface area contributed by atoms with Crippen LogP contribution in [0.15, 0.2) is 44.8 Å². The molecule has 0 spiro atoms. The van der Waals surface area contributed by atoms with Crippen LogP contribution in [0.2, 0.25) is 0 Å².